The lowest BCUT2D eigenvalue weighted by Crippen LogP contribution is -2.34. The lowest BCUT2D eigenvalue weighted by Gasteiger charge is -2.25. The molecule has 6 heteroatoms. The maximum Gasteiger partial charge on any atom is 0.514 e. The Bertz CT molecular complexity index is 857. The zero-order valence-corrected chi connectivity index (χ0v) is 16.5. The van der Waals surface area contributed by atoms with Gasteiger partial charge in [-0.2, -0.15) is 0 Å². The molecule has 29 heavy (non-hydrogen) atoms. The van der Waals surface area contributed by atoms with Crippen LogP contribution in [-0.4, -0.2) is 37.2 Å². The SMILES string of the molecule is COc1ccc(/C=C/C(=O)N2CCCCC2)c(OC(=O)OCc2ccccc2)c1. The van der Waals surface area contributed by atoms with Gasteiger partial charge in [-0.05, 0) is 43.0 Å². The van der Waals surface area contributed by atoms with Gasteiger partial charge >= 0.3 is 6.16 Å². The Morgan fingerprint density at radius 1 is 1.03 bits per heavy atom. The molecule has 1 aliphatic heterocycles. The van der Waals surface area contributed by atoms with Crippen LogP contribution in [-0.2, 0) is 16.1 Å². The van der Waals surface area contributed by atoms with Gasteiger partial charge in [0.25, 0.3) is 0 Å². The molecule has 2 aromatic carbocycles. The van der Waals surface area contributed by atoms with Crippen LogP contribution in [0.5, 0.6) is 11.5 Å². The largest absolute Gasteiger partial charge is 0.514 e. The van der Waals surface area contributed by atoms with Gasteiger partial charge in [0.1, 0.15) is 18.1 Å². The maximum absolute atomic E-state index is 12.4. The minimum Gasteiger partial charge on any atom is -0.497 e. The van der Waals surface area contributed by atoms with E-state index < -0.39 is 6.16 Å². The van der Waals surface area contributed by atoms with Crippen molar-refractivity contribution in [2.45, 2.75) is 25.9 Å². The van der Waals surface area contributed by atoms with Crippen molar-refractivity contribution < 1.29 is 23.8 Å². The van der Waals surface area contributed by atoms with Gasteiger partial charge in [0, 0.05) is 30.8 Å². The van der Waals surface area contributed by atoms with Gasteiger partial charge in [0.05, 0.1) is 7.11 Å². The molecule has 0 aromatic heterocycles. The number of hydrogen-bond acceptors (Lipinski definition) is 5. The van der Waals surface area contributed by atoms with Gasteiger partial charge in [-0.15, -0.1) is 0 Å². The van der Waals surface area contributed by atoms with Crippen molar-refractivity contribution in [1.82, 2.24) is 4.90 Å². The zero-order valence-electron chi connectivity index (χ0n) is 16.5. The second-order valence-corrected chi connectivity index (χ2v) is 6.75. The Hall–Kier alpha value is -3.28. The molecule has 1 saturated heterocycles. The molecule has 152 valence electrons. The summed E-state index contributed by atoms with van der Waals surface area (Å²) in [6, 6.07) is 14.4. The number of likely N-dealkylation sites (tertiary alicyclic amines) is 1. The topological polar surface area (TPSA) is 65.1 Å². The molecule has 0 aliphatic carbocycles. The monoisotopic (exact) mass is 395 g/mol. The van der Waals surface area contributed by atoms with Gasteiger partial charge in [0.2, 0.25) is 5.91 Å². The summed E-state index contributed by atoms with van der Waals surface area (Å²) in [5.41, 5.74) is 1.45. The van der Waals surface area contributed by atoms with Crippen molar-refractivity contribution >= 4 is 18.1 Å². The van der Waals surface area contributed by atoms with Crippen LogP contribution < -0.4 is 9.47 Å². The van der Waals surface area contributed by atoms with Crippen LogP contribution >= 0.6 is 0 Å². The molecule has 0 atom stereocenters. The highest BCUT2D eigenvalue weighted by Gasteiger charge is 2.15. The van der Waals surface area contributed by atoms with Crippen LogP contribution in [0.3, 0.4) is 0 Å². The van der Waals surface area contributed by atoms with Crippen LogP contribution in [0.1, 0.15) is 30.4 Å². The van der Waals surface area contributed by atoms with E-state index in [9.17, 15) is 9.59 Å². The summed E-state index contributed by atoms with van der Waals surface area (Å²) in [4.78, 5) is 26.3. The fraction of sp³-hybridized carbons (Fsp3) is 0.304. The average molecular weight is 395 g/mol. The first kappa shape index (κ1) is 20.5. The Kier molecular flexibility index (Phi) is 7.28. The molecule has 3 rings (SSSR count). The van der Waals surface area contributed by atoms with E-state index in [-0.39, 0.29) is 18.3 Å². The fourth-order valence-electron chi connectivity index (χ4n) is 3.08. The third kappa shape index (κ3) is 6.10. The first-order chi connectivity index (χ1) is 14.2. The number of benzene rings is 2. The van der Waals surface area contributed by atoms with E-state index >= 15 is 0 Å². The number of amides is 1. The number of piperidine rings is 1. The maximum atomic E-state index is 12.4. The van der Waals surface area contributed by atoms with Crippen LogP contribution in [0.15, 0.2) is 54.6 Å². The summed E-state index contributed by atoms with van der Waals surface area (Å²) < 4.78 is 15.8. The van der Waals surface area contributed by atoms with Crippen LogP contribution in [0.4, 0.5) is 4.79 Å². The Balaban J connectivity index is 1.67. The third-order valence-electron chi connectivity index (χ3n) is 4.69. The molecule has 0 spiro atoms. The van der Waals surface area contributed by atoms with E-state index in [1.807, 2.05) is 35.2 Å². The summed E-state index contributed by atoms with van der Waals surface area (Å²) in [5, 5.41) is 0. The number of carbonyl (C=O) groups is 2. The number of hydrogen-bond donors (Lipinski definition) is 0. The Labute approximate surface area is 170 Å². The van der Waals surface area contributed by atoms with Crippen molar-refractivity contribution in [3.63, 3.8) is 0 Å². The standard InChI is InChI=1S/C23H25NO5/c1-27-20-12-10-19(11-13-22(25)24-14-6-3-7-15-24)21(16-20)29-23(26)28-17-18-8-4-2-5-9-18/h2,4-5,8-13,16H,3,6-7,14-15,17H2,1H3/b13-11+. The molecule has 0 N–H and O–H groups in total. The summed E-state index contributed by atoms with van der Waals surface area (Å²) >= 11 is 0. The fourth-order valence-corrected chi connectivity index (χ4v) is 3.08. The van der Waals surface area contributed by atoms with Gasteiger partial charge < -0.3 is 19.1 Å². The lowest BCUT2D eigenvalue weighted by atomic mass is 10.1. The van der Waals surface area contributed by atoms with E-state index in [0.29, 0.717) is 11.3 Å². The van der Waals surface area contributed by atoms with Crippen molar-refractivity contribution in [3.8, 4) is 11.5 Å². The highest BCUT2D eigenvalue weighted by atomic mass is 16.7. The van der Waals surface area contributed by atoms with Crippen LogP contribution in [0, 0.1) is 0 Å². The van der Waals surface area contributed by atoms with Crippen molar-refractivity contribution in [3.05, 3.63) is 65.7 Å². The Morgan fingerprint density at radius 3 is 2.52 bits per heavy atom. The van der Waals surface area contributed by atoms with E-state index in [0.717, 1.165) is 37.9 Å². The third-order valence-corrected chi connectivity index (χ3v) is 4.69. The van der Waals surface area contributed by atoms with Crippen molar-refractivity contribution in [1.29, 1.82) is 0 Å². The second kappa shape index (κ2) is 10.3. The molecule has 1 fully saturated rings. The van der Waals surface area contributed by atoms with Crippen LogP contribution in [0.2, 0.25) is 0 Å². The van der Waals surface area contributed by atoms with E-state index in [2.05, 4.69) is 0 Å². The van der Waals surface area contributed by atoms with Gasteiger partial charge in [-0.3, -0.25) is 4.79 Å². The van der Waals surface area contributed by atoms with Crippen molar-refractivity contribution in [2.75, 3.05) is 20.2 Å². The van der Waals surface area contributed by atoms with E-state index in [1.165, 1.54) is 13.2 Å². The normalized spacial score (nSPS) is 13.9. The molecule has 1 aliphatic rings. The molecule has 0 unspecified atom stereocenters. The number of nitrogens with zero attached hydrogens (tertiary/aromatic N) is 1. The summed E-state index contributed by atoms with van der Waals surface area (Å²) in [5.74, 6) is 0.763. The summed E-state index contributed by atoms with van der Waals surface area (Å²) in [6.45, 7) is 1.67. The minimum absolute atomic E-state index is 0.0434. The predicted octanol–water partition coefficient (Wildman–Crippen LogP) is 4.44. The number of rotatable bonds is 6. The molecule has 0 saturated carbocycles. The number of carbonyl (C=O) groups excluding carboxylic acids is 2. The molecular weight excluding hydrogens is 370 g/mol. The predicted molar refractivity (Wildman–Crippen MR) is 110 cm³/mol. The van der Waals surface area contributed by atoms with Gasteiger partial charge in [-0.1, -0.05) is 30.3 Å². The average Bonchev–Trinajstić information content (AvgIpc) is 2.78. The minimum atomic E-state index is -0.820. The molecule has 0 bridgehead atoms. The smallest absolute Gasteiger partial charge is 0.497 e. The summed E-state index contributed by atoms with van der Waals surface area (Å²) in [7, 11) is 1.53. The first-order valence-corrected chi connectivity index (χ1v) is 9.69. The molecule has 6 nitrogen and oxygen atoms in total. The highest BCUT2D eigenvalue weighted by Crippen LogP contribution is 2.27. The van der Waals surface area contributed by atoms with Gasteiger partial charge in [0.15, 0.2) is 0 Å². The number of ether oxygens (including phenoxy) is 3. The van der Waals surface area contributed by atoms with E-state index in [1.54, 1.807) is 24.3 Å². The van der Waals surface area contributed by atoms with E-state index in [4.69, 9.17) is 14.2 Å². The lowest BCUT2D eigenvalue weighted by molar-refractivity contribution is -0.126. The summed E-state index contributed by atoms with van der Waals surface area (Å²) in [6.07, 6.45) is 5.56. The van der Waals surface area contributed by atoms with Crippen LogP contribution in [0.25, 0.3) is 6.08 Å². The Morgan fingerprint density at radius 2 is 1.79 bits per heavy atom. The molecular formula is C23H25NO5. The molecule has 2 aromatic rings. The first-order valence-electron chi connectivity index (χ1n) is 9.69. The highest BCUT2D eigenvalue weighted by molar-refractivity contribution is 5.92. The molecule has 1 amide bonds. The molecule has 0 radical (unpaired) electrons. The molecule has 1 heterocycles. The second-order valence-electron chi connectivity index (χ2n) is 6.75. The van der Waals surface area contributed by atoms with Gasteiger partial charge in [-0.25, -0.2) is 4.79 Å². The number of methoxy groups -OCH3 is 1. The zero-order chi connectivity index (χ0) is 20.5. The van der Waals surface area contributed by atoms with Crippen molar-refractivity contribution in [2.24, 2.45) is 0 Å². The quantitative estimate of drug-likeness (QED) is 0.411.